The molecule has 1 heterocycles. The van der Waals surface area contributed by atoms with Crippen molar-refractivity contribution in [3.05, 3.63) is 83.4 Å². The minimum atomic E-state index is -0.224. The van der Waals surface area contributed by atoms with Gasteiger partial charge in [0.05, 0.1) is 22.3 Å². The Bertz CT molecular complexity index is 1170. The largest absolute Gasteiger partial charge is 0.497 e. The summed E-state index contributed by atoms with van der Waals surface area (Å²) >= 11 is 7.96. The molecule has 4 rings (SSSR count). The molecule has 1 aromatic heterocycles. The normalized spacial score (nSPS) is 11.1. The Hall–Kier alpha value is -3.15. The Kier molecular flexibility index (Phi) is 5.60. The van der Waals surface area contributed by atoms with Gasteiger partial charge in [0.15, 0.2) is 0 Å². The van der Waals surface area contributed by atoms with Crippen molar-refractivity contribution in [3.63, 3.8) is 0 Å². The maximum absolute atomic E-state index is 12.3. The quantitative estimate of drug-likeness (QED) is 0.387. The van der Waals surface area contributed by atoms with E-state index < -0.39 is 0 Å². The molecule has 0 spiro atoms. The van der Waals surface area contributed by atoms with E-state index in [1.165, 1.54) is 6.08 Å². The lowest BCUT2D eigenvalue weighted by atomic mass is 10.2. The zero-order valence-electron chi connectivity index (χ0n) is 15.6. The van der Waals surface area contributed by atoms with Crippen LogP contribution in [0.2, 0.25) is 5.02 Å². The van der Waals surface area contributed by atoms with Gasteiger partial charge in [-0.1, -0.05) is 35.9 Å². The zero-order chi connectivity index (χ0) is 20.2. The van der Waals surface area contributed by atoms with E-state index in [4.69, 9.17) is 16.3 Å². The molecule has 0 bridgehead atoms. The third kappa shape index (κ3) is 4.47. The molecule has 0 aliphatic rings. The van der Waals surface area contributed by atoms with E-state index in [1.54, 1.807) is 36.7 Å². The summed E-state index contributed by atoms with van der Waals surface area (Å²) in [5.41, 5.74) is 3.30. The maximum Gasteiger partial charge on any atom is 0.248 e. The lowest BCUT2D eigenvalue weighted by molar-refractivity contribution is -0.111. The topological polar surface area (TPSA) is 51.2 Å². The number of rotatable bonds is 5. The number of nitrogens with one attached hydrogen (secondary N) is 1. The second-order valence-electron chi connectivity index (χ2n) is 6.28. The number of hydrogen-bond donors (Lipinski definition) is 1. The smallest absolute Gasteiger partial charge is 0.248 e. The molecule has 0 atom stereocenters. The summed E-state index contributed by atoms with van der Waals surface area (Å²) in [4.78, 5) is 17.0. The van der Waals surface area contributed by atoms with Crippen LogP contribution in [0.15, 0.2) is 72.8 Å². The molecule has 1 N–H and O–H groups in total. The third-order valence-corrected chi connectivity index (χ3v) is 5.70. The molecule has 0 unspecified atom stereocenters. The predicted molar refractivity (Wildman–Crippen MR) is 121 cm³/mol. The number of aromatic nitrogens is 1. The van der Waals surface area contributed by atoms with Crippen LogP contribution in [-0.4, -0.2) is 18.0 Å². The molecule has 0 radical (unpaired) electrons. The van der Waals surface area contributed by atoms with Crippen LogP contribution in [-0.2, 0) is 4.79 Å². The van der Waals surface area contributed by atoms with Crippen LogP contribution in [0.5, 0.6) is 5.75 Å². The number of fused-ring (bicyclic) bond motifs is 1. The molecule has 4 aromatic rings. The fraction of sp³-hybridized carbons (Fsp3) is 0.0435. The van der Waals surface area contributed by atoms with Crippen molar-refractivity contribution < 1.29 is 9.53 Å². The van der Waals surface area contributed by atoms with Crippen LogP contribution in [0.4, 0.5) is 5.69 Å². The Balaban J connectivity index is 1.52. The number of ether oxygens (including phenoxy) is 1. The summed E-state index contributed by atoms with van der Waals surface area (Å²) in [5.74, 6) is 0.550. The number of para-hydroxylation sites is 1. The number of carbonyl (C=O) groups excluding carboxylic acids is 1. The number of halogens is 1. The molecule has 4 nitrogen and oxygen atoms in total. The third-order valence-electron chi connectivity index (χ3n) is 4.30. The fourth-order valence-electron chi connectivity index (χ4n) is 2.83. The first-order chi connectivity index (χ1) is 14.1. The van der Waals surface area contributed by atoms with E-state index in [-0.39, 0.29) is 5.91 Å². The van der Waals surface area contributed by atoms with Gasteiger partial charge in [-0.25, -0.2) is 4.98 Å². The van der Waals surface area contributed by atoms with Gasteiger partial charge in [-0.05, 0) is 54.1 Å². The molecule has 29 heavy (non-hydrogen) atoms. The van der Waals surface area contributed by atoms with Crippen molar-refractivity contribution >= 4 is 50.8 Å². The van der Waals surface area contributed by atoms with Gasteiger partial charge in [0.1, 0.15) is 10.8 Å². The number of methoxy groups -OCH3 is 1. The van der Waals surface area contributed by atoms with E-state index in [2.05, 4.69) is 10.3 Å². The van der Waals surface area contributed by atoms with Gasteiger partial charge in [0.25, 0.3) is 0 Å². The average Bonchev–Trinajstić information content (AvgIpc) is 3.18. The van der Waals surface area contributed by atoms with Crippen LogP contribution >= 0.6 is 22.9 Å². The molecule has 6 heteroatoms. The van der Waals surface area contributed by atoms with E-state index in [9.17, 15) is 4.79 Å². The van der Waals surface area contributed by atoms with E-state index in [0.717, 1.165) is 32.1 Å². The van der Waals surface area contributed by atoms with Crippen LogP contribution in [0.3, 0.4) is 0 Å². The van der Waals surface area contributed by atoms with Gasteiger partial charge in [-0.15, -0.1) is 11.3 Å². The summed E-state index contributed by atoms with van der Waals surface area (Å²) in [6.45, 7) is 0. The maximum atomic E-state index is 12.3. The van der Waals surface area contributed by atoms with Crippen molar-refractivity contribution in [3.8, 4) is 16.3 Å². The molecule has 144 valence electrons. The highest BCUT2D eigenvalue weighted by atomic mass is 35.5. The predicted octanol–water partition coefficient (Wildman–Crippen LogP) is 6.28. The van der Waals surface area contributed by atoms with E-state index in [1.807, 2.05) is 54.6 Å². The summed E-state index contributed by atoms with van der Waals surface area (Å²) in [5, 5.41) is 4.29. The highest BCUT2D eigenvalue weighted by Gasteiger charge is 2.11. The van der Waals surface area contributed by atoms with Gasteiger partial charge >= 0.3 is 0 Å². The molecular formula is C23H17ClN2O2S. The minimum absolute atomic E-state index is 0.224. The molecule has 0 fully saturated rings. The first-order valence-electron chi connectivity index (χ1n) is 8.91. The summed E-state index contributed by atoms with van der Waals surface area (Å²) < 4.78 is 6.22. The van der Waals surface area contributed by atoms with E-state index >= 15 is 0 Å². The first-order valence-corrected chi connectivity index (χ1v) is 10.1. The summed E-state index contributed by atoms with van der Waals surface area (Å²) in [6, 6.07) is 20.8. The Morgan fingerprint density at radius 1 is 1.10 bits per heavy atom. The van der Waals surface area contributed by atoms with Crippen molar-refractivity contribution in [1.29, 1.82) is 0 Å². The number of anilines is 1. The number of benzene rings is 3. The highest BCUT2D eigenvalue weighted by molar-refractivity contribution is 7.21. The average molecular weight is 421 g/mol. The lowest BCUT2D eigenvalue weighted by Gasteiger charge is -2.06. The number of thiazole rings is 1. The fourth-order valence-corrected chi connectivity index (χ4v) is 4.08. The lowest BCUT2D eigenvalue weighted by Crippen LogP contribution is -2.07. The van der Waals surface area contributed by atoms with Gasteiger partial charge in [0.2, 0.25) is 5.91 Å². The second kappa shape index (κ2) is 8.47. The standard InChI is InChI=1S/C23H17ClN2O2S/c1-28-17-10-6-15(7-11-17)8-13-22(27)25-16-9-12-19(24)18(14-16)23-26-20-4-2-3-5-21(20)29-23/h2-14H,1H3,(H,25,27)/b13-8+. The zero-order valence-corrected chi connectivity index (χ0v) is 17.1. The first kappa shape index (κ1) is 19.2. The Morgan fingerprint density at radius 3 is 2.66 bits per heavy atom. The minimum Gasteiger partial charge on any atom is -0.497 e. The molecule has 3 aromatic carbocycles. The second-order valence-corrected chi connectivity index (χ2v) is 7.71. The number of hydrogen-bond acceptors (Lipinski definition) is 4. The van der Waals surface area contributed by atoms with Crippen molar-refractivity contribution in [2.24, 2.45) is 0 Å². The van der Waals surface area contributed by atoms with Gasteiger partial charge in [-0.3, -0.25) is 4.79 Å². The Labute approximate surface area is 177 Å². The number of amides is 1. The molecular weight excluding hydrogens is 404 g/mol. The van der Waals surface area contributed by atoms with Gasteiger partial charge in [-0.2, -0.15) is 0 Å². The van der Waals surface area contributed by atoms with Crippen molar-refractivity contribution in [1.82, 2.24) is 4.98 Å². The number of nitrogens with zero attached hydrogens (tertiary/aromatic N) is 1. The molecule has 0 saturated heterocycles. The molecule has 1 amide bonds. The van der Waals surface area contributed by atoms with Crippen LogP contribution in [0.25, 0.3) is 26.9 Å². The highest BCUT2D eigenvalue weighted by Crippen LogP contribution is 2.35. The van der Waals surface area contributed by atoms with Gasteiger partial charge < -0.3 is 10.1 Å². The summed E-state index contributed by atoms with van der Waals surface area (Å²) in [7, 11) is 1.62. The monoisotopic (exact) mass is 420 g/mol. The molecule has 0 saturated carbocycles. The van der Waals surface area contributed by atoms with Gasteiger partial charge in [0, 0.05) is 17.3 Å². The van der Waals surface area contributed by atoms with Crippen molar-refractivity contribution in [2.45, 2.75) is 0 Å². The van der Waals surface area contributed by atoms with E-state index in [0.29, 0.717) is 10.7 Å². The molecule has 0 aliphatic heterocycles. The van der Waals surface area contributed by atoms with Crippen LogP contribution in [0.1, 0.15) is 5.56 Å². The van der Waals surface area contributed by atoms with Crippen LogP contribution < -0.4 is 10.1 Å². The SMILES string of the molecule is COc1ccc(/C=C/C(=O)Nc2ccc(Cl)c(-c3nc4ccccc4s3)c2)cc1. The Morgan fingerprint density at radius 2 is 1.90 bits per heavy atom. The summed E-state index contributed by atoms with van der Waals surface area (Å²) in [6.07, 6.45) is 3.24. The number of carbonyl (C=O) groups is 1. The van der Waals surface area contributed by atoms with Crippen LogP contribution in [0, 0.1) is 0 Å². The van der Waals surface area contributed by atoms with Crippen molar-refractivity contribution in [2.75, 3.05) is 12.4 Å². The molecule has 0 aliphatic carbocycles.